The van der Waals surface area contributed by atoms with Crippen molar-refractivity contribution in [3.63, 3.8) is 0 Å². The maximum atomic E-state index is 6.12. The fourth-order valence-electron chi connectivity index (χ4n) is 1.81. The second-order valence-electron chi connectivity index (χ2n) is 4.20. The highest BCUT2D eigenvalue weighted by atomic mass is 35.5. The van der Waals surface area contributed by atoms with Gasteiger partial charge in [-0.2, -0.15) is 0 Å². The van der Waals surface area contributed by atoms with Gasteiger partial charge in [-0.3, -0.25) is 0 Å². The first-order valence-corrected chi connectivity index (χ1v) is 7.57. The zero-order valence-corrected chi connectivity index (χ0v) is 12.2. The zero-order chi connectivity index (χ0) is 13.8. The molecule has 100 valence electrons. The van der Waals surface area contributed by atoms with E-state index in [1.165, 1.54) is 0 Å². The molecule has 0 bridgehead atoms. The average molecular weight is 302 g/mol. The Morgan fingerprint density at radius 3 is 2.55 bits per heavy atom. The lowest BCUT2D eigenvalue weighted by molar-refractivity contribution is 0.530. The van der Waals surface area contributed by atoms with Crippen LogP contribution in [0.3, 0.4) is 0 Å². The molecule has 0 amide bonds. The zero-order valence-electron chi connectivity index (χ0n) is 10.6. The molecule has 0 saturated carbocycles. The van der Waals surface area contributed by atoms with E-state index in [4.69, 9.17) is 16.0 Å². The highest BCUT2D eigenvalue weighted by Crippen LogP contribution is 2.30. The molecular formula is C16H12ClNOS. The Kier molecular flexibility index (Phi) is 4.09. The number of halogens is 1. The summed E-state index contributed by atoms with van der Waals surface area (Å²) in [5, 5.41) is 0.757. The van der Waals surface area contributed by atoms with Crippen LogP contribution in [-0.2, 0) is 5.75 Å². The molecule has 0 saturated heterocycles. The standard InChI is InChI=1S/C16H12ClNOS/c17-13-8-4-5-9-15(13)20-11-16-18-10-14(19-16)12-6-2-1-3-7-12/h1-10H,11H2. The van der Waals surface area contributed by atoms with Crippen LogP contribution in [0.5, 0.6) is 0 Å². The summed E-state index contributed by atoms with van der Waals surface area (Å²) in [6.45, 7) is 0. The van der Waals surface area contributed by atoms with Gasteiger partial charge in [0.25, 0.3) is 0 Å². The first-order chi connectivity index (χ1) is 9.83. The molecule has 0 aliphatic heterocycles. The van der Waals surface area contributed by atoms with Crippen LogP contribution >= 0.6 is 23.4 Å². The van der Waals surface area contributed by atoms with Gasteiger partial charge in [-0.1, -0.05) is 54.1 Å². The number of hydrogen-bond donors (Lipinski definition) is 0. The summed E-state index contributed by atoms with van der Waals surface area (Å²) in [6, 6.07) is 17.7. The maximum Gasteiger partial charge on any atom is 0.205 e. The van der Waals surface area contributed by atoms with Gasteiger partial charge in [-0.15, -0.1) is 11.8 Å². The van der Waals surface area contributed by atoms with E-state index < -0.39 is 0 Å². The molecule has 1 heterocycles. The van der Waals surface area contributed by atoms with Crippen molar-refractivity contribution in [3.05, 3.63) is 71.7 Å². The highest BCUT2D eigenvalue weighted by Gasteiger charge is 2.07. The van der Waals surface area contributed by atoms with E-state index in [1.807, 2.05) is 54.6 Å². The quantitative estimate of drug-likeness (QED) is 0.613. The first kappa shape index (κ1) is 13.3. The normalized spacial score (nSPS) is 10.7. The molecule has 2 nitrogen and oxygen atoms in total. The number of thioether (sulfide) groups is 1. The molecule has 0 unspecified atom stereocenters. The number of aromatic nitrogens is 1. The molecule has 0 aliphatic carbocycles. The Morgan fingerprint density at radius 1 is 1.00 bits per heavy atom. The van der Waals surface area contributed by atoms with Crippen LogP contribution in [0, 0.1) is 0 Å². The van der Waals surface area contributed by atoms with Crippen LogP contribution in [0.25, 0.3) is 11.3 Å². The Balaban J connectivity index is 1.71. The van der Waals surface area contributed by atoms with Crippen LogP contribution in [-0.4, -0.2) is 4.98 Å². The molecule has 3 rings (SSSR count). The Morgan fingerprint density at radius 2 is 1.75 bits per heavy atom. The predicted octanol–water partition coefficient (Wildman–Crippen LogP) is 5.29. The van der Waals surface area contributed by atoms with Crippen molar-refractivity contribution in [2.45, 2.75) is 10.6 Å². The number of rotatable bonds is 4. The Hall–Kier alpha value is -1.71. The Labute approximate surface area is 126 Å². The molecule has 0 spiro atoms. The van der Waals surface area contributed by atoms with E-state index in [0.717, 1.165) is 21.2 Å². The smallest absolute Gasteiger partial charge is 0.205 e. The number of nitrogens with zero attached hydrogens (tertiary/aromatic N) is 1. The van der Waals surface area contributed by atoms with Crippen molar-refractivity contribution in [1.82, 2.24) is 4.98 Å². The minimum atomic E-state index is 0.663. The summed E-state index contributed by atoms with van der Waals surface area (Å²) < 4.78 is 5.76. The van der Waals surface area contributed by atoms with Crippen LogP contribution in [0.2, 0.25) is 5.02 Å². The van der Waals surface area contributed by atoms with Crippen molar-refractivity contribution < 1.29 is 4.42 Å². The van der Waals surface area contributed by atoms with Gasteiger partial charge in [-0.25, -0.2) is 4.98 Å². The van der Waals surface area contributed by atoms with Crippen LogP contribution in [0.4, 0.5) is 0 Å². The summed E-state index contributed by atoms with van der Waals surface area (Å²) in [6.07, 6.45) is 1.76. The lowest BCUT2D eigenvalue weighted by Gasteiger charge is -2.01. The van der Waals surface area contributed by atoms with Crippen molar-refractivity contribution in [2.75, 3.05) is 0 Å². The topological polar surface area (TPSA) is 26.0 Å². The maximum absolute atomic E-state index is 6.12. The van der Waals surface area contributed by atoms with Crippen molar-refractivity contribution in [2.24, 2.45) is 0 Å². The molecule has 4 heteroatoms. The van der Waals surface area contributed by atoms with Gasteiger partial charge >= 0.3 is 0 Å². The summed E-state index contributed by atoms with van der Waals surface area (Å²) in [5.74, 6) is 2.16. The summed E-state index contributed by atoms with van der Waals surface area (Å²) in [5.41, 5.74) is 1.04. The molecule has 0 atom stereocenters. The van der Waals surface area contributed by atoms with Gasteiger partial charge in [0, 0.05) is 10.5 Å². The third-order valence-corrected chi connectivity index (χ3v) is 4.30. The van der Waals surface area contributed by atoms with E-state index in [9.17, 15) is 0 Å². The monoisotopic (exact) mass is 301 g/mol. The lowest BCUT2D eigenvalue weighted by atomic mass is 10.2. The van der Waals surface area contributed by atoms with Crippen LogP contribution in [0.1, 0.15) is 5.89 Å². The van der Waals surface area contributed by atoms with Crippen molar-refractivity contribution in [3.8, 4) is 11.3 Å². The van der Waals surface area contributed by atoms with Gasteiger partial charge in [-0.05, 0) is 12.1 Å². The van der Waals surface area contributed by atoms with E-state index >= 15 is 0 Å². The molecule has 0 aliphatic rings. The van der Waals surface area contributed by atoms with Crippen LogP contribution < -0.4 is 0 Å². The second kappa shape index (κ2) is 6.16. The van der Waals surface area contributed by atoms with Gasteiger partial charge in [0.05, 0.1) is 17.0 Å². The molecule has 1 aromatic heterocycles. The lowest BCUT2D eigenvalue weighted by Crippen LogP contribution is -1.80. The molecule has 20 heavy (non-hydrogen) atoms. The third-order valence-electron chi connectivity index (χ3n) is 2.80. The van der Waals surface area contributed by atoms with Gasteiger partial charge in [0.1, 0.15) is 0 Å². The fraction of sp³-hybridized carbons (Fsp3) is 0.0625. The molecule has 2 aromatic carbocycles. The minimum absolute atomic E-state index is 0.663. The van der Waals surface area contributed by atoms with Crippen molar-refractivity contribution >= 4 is 23.4 Å². The first-order valence-electron chi connectivity index (χ1n) is 6.20. The highest BCUT2D eigenvalue weighted by molar-refractivity contribution is 7.98. The predicted molar refractivity (Wildman–Crippen MR) is 83.0 cm³/mol. The number of oxazole rings is 1. The molecular weight excluding hydrogens is 290 g/mol. The molecule has 0 radical (unpaired) electrons. The molecule has 0 N–H and O–H groups in total. The SMILES string of the molecule is Clc1ccccc1SCc1ncc(-c2ccccc2)o1. The van der Waals surface area contributed by atoms with Gasteiger partial charge in [0.2, 0.25) is 5.89 Å². The number of hydrogen-bond acceptors (Lipinski definition) is 3. The molecule has 0 fully saturated rings. The third kappa shape index (κ3) is 3.06. The summed E-state index contributed by atoms with van der Waals surface area (Å²) >= 11 is 7.74. The minimum Gasteiger partial charge on any atom is -0.440 e. The summed E-state index contributed by atoms with van der Waals surface area (Å²) in [4.78, 5) is 5.34. The van der Waals surface area contributed by atoms with E-state index in [1.54, 1.807) is 18.0 Å². The second-order valence-corrected chi connectivity index (χ2v) is 5.63. The number of benzene rings is 2. The van der Waals surface area contributed by atoms with Crippen LogP contribution in [0.15, 0.2) is 70.1 Å². The van der Waals surface area contributed by atoms with Gasteiger partial charge in [0.15, 0.2) is 5.76 Å². The van der Waals surface area contributed by atoms with E-state index in [0.29, 0.717) is 11.6 Å². The van der Waals surface area contributed by atoms with Crippen molar-refractivity contribution in [1.29, 1.82) is 0 Å². The summed E-state index contributed by atoms with van der Waals surface area (Å²) in [7, 11) is 0. The fourth-order valence-corrected chi connectivity index (χ4v) is 2.91. The largest absolute Gasteiger partial charge is 0.440 e. The van der Waals surface area contributed by atoms with E-state index in [-0.39, 0.29) is 0 Å². The Bertz CT molecular complexity index is 696. The van der Waals surface area contributed by atoms with E-state index in [2.05, 4.69) is 4.98 Å². The van der Waals surface area contributed by atoms with Gasteiger partial charge < -0.3 is 4.42 Å². The molecule has 3 aromatic rings. The average Bonchev–Trinajstić information content (AvgIpc) is 2.96.